The smallest absolute Gasteiger partial charge is 0.274 e. The first kappa shape index (κ1) is 31.9. The Labute approximate surface area is 278 Å². The van der Waals surface area contributed by atoms with Crippen molar-refractivity contribution in [2.45, 2.75) is 31.6 Å². The molecule has 1 atom stereocenters. The van der Waals surface area contributed by atoms with Crippen LogP contribution >= 0.6 is 0 Å². The number of piperidine rings is 1. The molecule has 250 valence electrons. The summed E-state index contributed by atoms with van der Waals surface area (Å²) in [5.74, 6) is 0.497. The summed E-state index contributed by atoms with van der Waals surface area (Å²) < 4.78 is 18.5. The van der Waals surface area contributed by atoms with E-state index >= 15 is 0 Å². The Morgan fingerprint density at radius 1 is 1.00 bits per heavy atom. The number of carbonyl (C=O) groups is 2. The number of alkyl halides is 1. The maximum atomic E-state index is 13.2. The minimum absolute atomic E-state index is 0.0480. The molecule has 48 heavy (non-hydrogen) atoms. The van der Waals surface area contributed by atoms with E-state index in [2.05, 4.69) is 46.4 Å². The molecule has 3 aliphatic rings. The quantitative estimate of drug-likeness (QED) is 0.221. The van der Waals surface area contributed by atoms with E-state index in [4.69, 9.17) is 4.74 Å². The molecular weight excluding hydrogens is 613 g/mol. The number of nitrogens with one attached hydrogen (secondary N) is 3. The fourth-order valence-electron chi connectivity index (χ4n) is 6.52. The Bertz CT molecular complexity index is 1770. The van der Waals surface area contributed by atoms with Gasteiger partial charge in [0.2, 0.25) is 5.91 Å². The standard InChI is InChI=1S/C35H40FN9O3/c36-26-20-44(21-26)12-2-4-32(46)40-28-3-1-11-43(22-28)19-24-9-10-37-31(17-24)35(47)41-27-7-5-25(6-8-27)30-18-29-33(42-30)38-23-39-34(29)45-13-15-48-16-14-45/h2,4-10,17-18,23,26,28H,1,3,11-16,19-22H2,(H,40,46)(H,41,47)(H,38,39,42). The molecule has 0 bridgehead atoms. The Kier molecular flexibility index (Phi) is 9.68. The van der Waals surface area contributed by atoms with E-state index < -0.39 is 6.17 Å². The largest absolute Gasteiger partial charge is 0.378 e. The summed E-state index contributed by atoms with van der Waals surface area (Å²) in [6.45, 7) is 6.70. The Hall–Kier alpha value is -4.72. The SMILES string of the molecule is O=C(C=CCN1CC(F)C1)NC1CCCN(Cc2ccnc(C(=O)Nc3ccc(-c4cc5c(N6CCOCC6)ncnc5[nH]4)cc3)c2)C1. The fourth-order valence-corrected chi connectivity index (χ4v) is 6.52. The molecule has 0 radical (unpaired) electrons. The van der Waals surface area contributed by atoms with Crippen LogP contribution in [-0.2, 0) is 16.1 Å². The van der Waals surface area contributed by atoms with Gasteiger partial charge < -0.3 is 25.3 Å². The molecule has 3 aliphatic heterocycles. The van der Waals surface area contributed by atoms with Gasteiger partial charge in [-0.05, 0) is 60.8 Å². The van der Waals surface area contributed by atoms with Crippen LogP contribution in [0.5, 0.6) is 0 Å². The van der Waals surface area contributed by atoms with Crippen molar-refractivity contribution in [2.24, 2.45) is 0 Å². The van der Waals surface area contributed by atoms with Gasteiger partial charge in [-0.2, -0.15) is 0 Å². The molecular formula is C35H40FN9O3. The first-order valence-corrected chi connectivity index (χ1v) is 16.6. The number of benzene rings is 1. The monoisotopic (exact) mass is 653 g/mol. The highest BCUT2D eigenvalue weighted by Crippen LogP contribution is 2.30. The van der Waals surface area contributed by atoms with E-state index in [1.54, 1.807) is 24.7 Å². The van der Waals surface area contributed by atoms with Crippen LogP contribution in [0.15, 0.2) is 67.1 Å². The number of fused-ring (bicyclic) bond motifs is 1. The number of hydrogen-bond acceptors (Lipinski definition) is 9. The summed E-state index contributed by atoms with van der Waals surface area (Å²) in [5.41, 5.74) is 4.66. The van der Waals surface area contributed by atoms with Crippen molar-refractivity contribution < 1.29 is 18.7 Å². The van der Waals surface area contributed by atoms with Gasteiger partial charge in [0.05, 0.1) is 18.6 Å². The van der Waals surface area contributed by atoms with Crippen LogP contribution in [0.3, 0.4) is 0 Å². The molecule has 12 nitrogen and oxygen atoms in total. The molecule has 2 amide bonds. The van der Waals surface area contributed by atoms with Gasteiger partial charge in [0.1, 0.15) is 29.7 Å². The summed E-state index contributed by atoms with van der Waals surface area (Å²) >= 11 is 0. The summed E-state index contributed by atoms with van der Waals surface area (Å²) in [6.07, 6.45) is 7.72. The Morgan fingerprint density at radius 2 is 1.83 bits per heavy atom. The van der Waals surface area contributed by atoms with E-state index in [0.717, 1.165) is 72.7 Å². The molecule has 3 fully saturated rings. The second-order valence-electron chi connectivity index (χ2n) is 12.6. The lowest BCUT2D eigenvalue weighted by Gasteiger charge is -2.33. The number of aromatic nitrogens is 4. The minimum Gasteiger partial charge on any atom is -0.378 e. The number of pyridine rings is 1. The highest BCUT2D eigenvalue weighted by Gasteiger charge is 2.25. The third-order valence-electron chi connectivity index (χ3n) is 9.03. The fraction of sp³-hybridized carbons (Fsp3) is 0.400. The van der Waals surface area contributed by atoms with Crippen LogP contribution in [0.25, 0.3) is 22.3 Å². The number of morpholine rings is 1. The molecule has 1 aromatic carbocycles. The van der Waals surface area contributed by atoms with E-state index in [9.17, 15) is 14.0 Å². The lowest BCUT2D eigenvalue weighted by Crippen LogP contribution is -2.48. The first-order chi connectivity index (χ1) is 23.5. The van der Waals surface area contributed by atoms with Crippen LogP contribution in [-0.4, -0.2) is 113 Å². The number of aromatic amines is 1. The van der Waals surface area contributed by atoms with Crippen molar-refractivity contribution in [2.75, 3.05) is 69.2 Å². The molecule has 3 saturated heterocycles. The van der Waals surface area contributed by atoms with Gasteiger partial charge in [-0.15, -0.1) is 0 Å². The Balaban J connectivity index is 0.928. The summed E-state index contributed by atoms with van der Waals surface area (Å²) in [6, 6.07) is 13.5. The topological polar surface area (TPSA) is 132 Å². The number of rotatable bonds is 10. The zero-order valence-corrected chi connectivity index (χ0v) is 26.8. The van der Waals surface area contributed by atoms with Crippen LogP contribution < -0.4 is 15.5 Å². The zero-order valence-electron chi connectivity index (χ0n) is 26.8. The van der Waals surface area contributed by atoms with Gasteiger partial charge in [0.15, 0.2) is 0 Å². The number of likely N-dealkylation sites (tertiary alicyclic amines) is 2. The van der Waals surface area contributed by atoms with Gasteiger partial charge in [0, 0.05) is 75.5 Å². The van der Waals surface area contributed by atoms with E-state index in [-0.39, 0.29) is 17.9 Å². The molecule has 1 unspecified atom stereocenters. The maximum Gasteiger partial charge on any atom is 0.274 e. The van der Waals surface area contributed by atoms with Gasteiger partial charge in [-0.25, -0.2) is 14.4 Å². The average Bonchev–Trinajstić information content (AvgIpc) is 3.53. The number of amides is 2. The van der Waals surface area contributed by atoms with Crippen molar-refractivity contribution in [3.8, 4) is 11.3 Å². The van der Waals surface area contributed by atoms with Crippen LogP contribution in [0, 0.1) is 0 Å². The van der Waals surface area contributed by atoms with Crippen LogP contribution in [0.1, 0.15) is 28.9 Å². The number of anilines is 2. The average molecular weight is 654 g/mol. The highest BCUT2D eigenvalue weighted by atomic mass is 19.1. The number of nitrogens with zero attached hydrogens (tertiary/aromatic N) is 6. The zero-order chi connectivity index (χ0) is 32.9. The van der Waals surface area contributed by atoms with Crippen molar-refractivity contribution >= 4 is 34.4 Å². The second kappa shape index (κ2) is 14.6. The van der Waals surface area contributed by atoms with E-state index in [1.807, 2.05) is 41.3 Å². The maximum absolute atomic E-state index is 13.2. The number of ether oxygens (including phenoxy) is 1. The van der Waals surface area contributed by atoms with Gasteiger partial charge in [0.25, 0.3) is 5.91 Å². The molecule has 7 rings (SSSR count). The predicted molar refractivity (Wildman–Crippen MR) is 181 cm³/mol. The summed E-state index contributed by atoms with van der Waals surface area (Å²) in [7, 11) is 0. The molecule has 13 heteroatoms. The number of hydrogen-bond donors (Lipinski definition) is 3. The van der Waals surface area contributed by atoms with Gasteiger partial charge >= 0.3 is 0 Å². The number of H-pyrrole nitrogens is 1. The highest BCUT2D eigenvalue weighted by molar-refractivity contribution is 6.03. The van der Waals surface area contributed by atoms with E-state index in [0.29, 0.717) is 50.8 Å². The molecule has 3 N–H and O–H groups in total. The first-order valence-electron chi connectivity index (χ1n) is 16.6. The van der Waals surface area contributed by atoms with Gasteiger partial charge in [-0.3, -0.25) is 24.4 Å². The van der Waals surface area contributed by atoms with Crippen LogP contribution in [0.2, 0.25) is 0 Å². The van der Waals surface area contributed by atoms with Crippen LogP contribution in [0.4, 0.5) is 15.9 Å². The third kappa shape index (κ3) is 7.70. The molecule has 4 aromatic rings. The molecule has 0 aliphatic carbocycles. The lowest BCUT2D eigenvalue weighted by molar-refractivity contribution is -0.117. The molecule has 3 aromatic heterocycles. The lowest BCUT2D eigenvalue weighted by atomic mass is 10.0. The molecule has 0 spiro atoms. The normalized spacial score (nSPS) is 19.4. The van der Waals surface area contributed by atoms with Crippen molar-refractivity contribution in [1.82, 2.24) is 35.1 Å². The summed E-state index contributed by atoms with van der Waals surface area (Å²) in [4.78, 5) is 48.7. The number of carbonyl (C=O) groups excluding carboxylic acids is 2. The van der Waals surface area contributed by atoms with Gasteiger partial charge in [-0.1, -0.05) is 18.2 Å². The number of halogens is 1. The van der Waals surface area contributed by atoms with Crippen molar-refractivity contribution in [3.63, 3.8) is 0 Å². The molecule has 6 heterocycles. The third-order valence-corrected chi connectivity index (χ3v) is 9.03. The Morgan fingerprint density at radius 3 is 2.65 bits per heavy atom. The van der Waals surface area contributed by atoms with E-state index in [1.165, 1.54) is 0 Å². The second-order valence-corrected chi connectivity index (χ2v) is 12.6. The van der Waals surface area contributed by atoms with Crippen molar-refractivity contribution in [1.29, 1.82) is 0 Å². The molecule has 0 saturated carbocycles. The predicted octanol–water partition coefficient (Wildman–Crippen LogP) is 3.40. The van der Waals surface area contributed by atoms with Crippen molar-refractivity contribution in [3.05, 3.63) is 78.4 Å². The summed E-state index contributed by atoms with van der Waals surface area (Å²) in [5, 5.41) is 7.03. The minimum atomic E-state index is -0.742.